The Kier molecular flexibility index (Phi) is 8.02. The fourth-order valence-corrected chi connectivity index (χ4v) is 3.64. The van der Waals surface area contributed by atoms with Crippen molar-refractivity contribution in [3.8, 4) is 0 Å². The second-order valence-electron chi connectivity index (χ2n) is 6.99. The molecule has 0 bridgehead atoms. The van der Waals surface area contributed by atoms with Crippen molar-refractivity contribution in [1.29, 1.82) is 0 Å². The maximum absolute atomic E-state index is 12.3. The van der Waals surface area contributed by atoms with E-state index in [9.17, 15) is 8.42 Å². The van der Waals surface area contributed by atoms with Gasteiger partial charge in [0, 0.05) is 18.1 Å². The van der Waals surface area contributed by atoms with Crippen LogP contribution in [-0.2, 0) is 29.7 Å². The summed E-state index contributed by atoms with van der Waals surface area (Å²) in [6, 6.07) is 17.3. The first-order valence-corrected chi connectivity index (χ1v) is 11.1. The molecule has 2 aromatic rings. The molecule has 0 saturated heterocycles. The van der Waals surface area contributed by atoms with Crippen molar-refractivity contribution in [1.82, 2.24) is 9.44 Å². The Labute approximate surface area is 170 Å². The van der Waals surface area contributed by atoms with E-state index in [4.69, 9.17) is 0 Å². The lowest BCUT2D eigenvalue weighted by Gasteiger charge is -2.21. The molecule has 6 heteroatoms. The number of nitrogens with one attached hydrogen (secondary N) is 2. The highest BCUT2D eigenvalue weighted by Crippen LogP contribution is 2.25. The molecule has 0 atom stereocenters. The summed E-state index contributed by atoms with van der Waals surface area (Å²) in [6.45, 7) is 4.75. The first-order valence-electron chi connectivity index (χ1n) is 8.69. The minimum Gasteiger partial charge on any atom is -0.198 e. The van der Waals surface area contributed by atoms with E-state index >= 15 is 0 Å². The van der Waals surface area contributed by atoms with Crippen molar-refractivity contribution in [3.05, 3.63) is 88.1 Å². The highest BCUT2D eigenvalue weighted by Gasteiger charge is 2.17. The molecular weight excluding hydrogens is 424 g/mol. The van der Waals surface area contributed by atoms with Crippen molar-refractivity contribution >= 4 is 26.1 Å². The van der Waals surface area contributed by atoms with Crippen molar-refractivity contribution in [2.75, 3.05) is 0 Å². The number of hydrogen-bond donors (Lipinski definition) is 2. The minimum atomic E-state index is -3.58. The molecule has 0 aliphatic carbocycles. The summed E-state index contributed by atoms with van der Waals surface area (Å²) in [4.78, 5) is 1.70. The van der Waals surface area contributed by atoms with Gasteiger partial charge in [-0.1, -0.05) is 84.4 Å². The third kappa shape index (κ3) is 7.83. The van der Waals surface area contributed by atoms with Gasteiger partial charge in [0.2, 0.25) is 0 Å². The first-order chi connectivity index (χ1) is 12.8. The van der Waals surface area contributed by atoms with Crippen LogP contribution < -0.4 is 9.44 Å². The molecule has 0 amide bonds. The van der Waals surface area contributed by atoms with Crippen LogP contribution in [0.15, 0.2) is 71.4 Å². The average Bonchev–Trinajstić information content (AvgIpc) is 2.65. The molecule has 2 rings (SSSR count). The van der Waals surface area contributed by atoms with Gasteiger partial charge >= 0.3 is 0 Å². The van der Waals surface area contributed by atoms with Crippen LogP contribution in [0.3, 0.4) is 0 Å². The third-order valence-electron chi connectivity index (χ3n) is 4.06. The summed E-state index contributed by atoms with van der Waals surface area (Å²) in [6.07, 6.45) is 2.79. The van der Waals surface area contributed by atoms with Gasteiger partial charge in [-0.05, 0) is 34.6 Å². The topological polar surface area (TPSA) is 58.2 Å². The highest BCUT2D eigenvalue weighted by atomic mass is 79.9. The Morgan fingerprint density at radius 3 is 2.22 bits per heavy atom. The quantitative estimate of drug-likeness (QED) is 0.556. The number of halogens is 1. The summed E-state index contributed by atoms with van der Waals surface area (Å²) in [5.41, 5.74) is 5.96. The Morgan fingerprint density at radius 2 is 1.56 bits per heavy atom. The standard InChI is InChI=1S/C21H25BrN2O2S/c1-21(2,13-8-14-22)15-19-11-6-7-12-20(19)17-24-27(25,26)23-16-18-9-4-3-5-10-18/h3-7,9-14,23-24H,15-17H2,1-2H3. The summed E-state index contributed by atoms with van der Waals surface area (Å²) in [7, 11) is -3.58. The van der Waals surface area contributed by atoms with E-state index < -0.39 is 10.2 Å². The van der Waals surface area contributed by atoms with Gasteiger partial charge in [0.1, 0.15) is 0 Å². The van der Waals surface area contributed by atoms with E-state index in [1.165, 1.54) is 0 Å². The fourth-order valence-electron chi connectivity index (χ4n) is 2.70. The smallest absolute Gasteiger partial charge is 0.198 e. The van der Waals surface area contributed by atoms with Crippen molar-refractivity contribution in [3.63, 3.8) is 0 Å². The van der Waals surface area contributed by atoms with E-state index in [1.54, 1.807) is 4.99 Å². The number of benzene rings is 2. The molecule has 0 saturated carbocycles. The summed E-state index contributed by atoms with van der Waals surface area (Å²) >= 11 is 3.23. The molecule has 2 N–H and O–H groups in total. The Balaban J connectivity index is 2.02. The van der Waals surface area contributed by atoms with E-state index in [2.05, 4.69) is 45.0 Å². The first kappa shape index (κ1) is 21.6. The second kappa shape index (κ2) is 10.0. The molecule has 27 heavy (non-hydrogen) atoms. The van der Waals surface area contributed by atoms with Gasteiger partial charge in [-0.15, -0.1) is 5.73 Å². The van der Waals surface area contributed by atoms with Crippen LogP contribution in [0.5, 0.6) is 0 Å². The van der Waals surface area contributed by atoms with Gasteiger partial charge < -0.3 is 0 Å². The largest absolute Gasteiger partial charge is 0.277 e. The number of rotatable bonds is 9. The number of hydrogen-bond acceptors (Lipinski definition) is 2. The van der Waals surface area contributed by atoms with E-state index in [0.29, 0.717) is 0 Å². The zero-order valence-corrected chi connectivity index (χ0v) is 18.0. The van der Waals surface area contributed by atoms with Crippen molar-refractivity contribution in [2.24, 2.45) is 5.41 Å². The van der Waals surface area contributed by atoms with Gasteiger partial charge in [0.25, 0.3) is 10.2 Å². The van der Waals surface area contributed by atoms with Gasteiger partial charge in [0.05, 0.1) is 0 Å². The monoisotopic (exact) mass is 448 g/mol. The van der Waals surface area contributed by atoms with Crippen molar-refractivity contribution < 1.29 is 8.42 Å². The molecule has 0 aromatic heterocycles. The summed E-state index contributed by atoms with van der Waals surface area (Å²) in [5, 5.41) is 0. The van der Waals surface area contributed by atoms with Crippen LogP contribution in [0.4, 0.5) is 0 Å². The predicted octanol–water partition coefficient (Wildman–Crippen LogP) is 4.44. The lowest BCUT2D eigenvalue weighted by molar-refractivity contribution is 0.476. The van der Waals surface area contributed by atoms with Crippen LogP contribution in [0.25, 0.3) is 0 Å². The van der Waals surface area contributed by atoms with Gasteiger partial charge in [-0.3, -0.25) is 0 Å². The molecule has 144 valence electrons. The lowest BCUT2D eigenvalue weighted by Crippen LogP contribution is -2.36. The predicted molar refractivity (Wildman–Crippen MR) is 115 cm³/mol. The molecule has 4 nitrogen and oxygen atoms in total. The maximum Gasteiger partial charge on any atom is 0.277 e. The van der Waals surface area contributed by atoms with Crippen LogP contribution in [0.1, 0.15) is 30.5 Å². The highest BCUT2D eigenvalue weighted by molar-refractivity contribution is 9.11. The van der Waals surface area contributed by atoms with Crippen LogP contribution in [0.2, 0.25) is 0 Å². The Morgan fingerprint density at radius 1 is 0.963 bits per heavy atom. The summed E-state index contributed by atoms with van der Waals surface area (Å²) < 4.78 is 29.7. The van der Waals surface area contributed by atoms with E-state index in [1.807, 2.05) is 60.7 Å². The Bertz CT molecular complexity index is 903. The molecule has 0 aliphatic rings. The van der Waals surface area contributed by atoms with Crippen LogP contribution in [0, 0.1) is 5.41 Å². The molecule has 0 radical (unpaired) electrons. The third-order valence-corrected chi connectivity index (χ3v) is 5.38. The maximum atomic E-state index is 12.3. The molecule has 0 spiro atoms. The zero-order chi connectivity index (χ0) is 19.8. The molecule has 0 heterocycles. The normalized spacial score (nSPS) is 11.7. The SMILES string of the molecule is CC(C)(C=C=CBr)Cc1ccccc1CNS(=O)(=O)NCc1ccccc1. The minimum absolute atomic E-state index is 0.0925. The van der Waals surface area contributed by atoms with Gasteiger partial charge in [0.15, 0.2) is 0 Å². The molecule has 0 fully saturated rings. The van der Waals surface area contributed by atoms with Crippen molar-refractivity contribution in [2.45, 2.75) is 33.4 Å². The van der Waals surface area contributed by atoms with E-state index in [-0.39, 0.29) is 18.5 Å². The average molecular weight is 449 g/mol. The molecular formula is C21H25BrN2O2S. The fraction of sp³-hybridized carbons (Fsp3) is 0.286. The zero-order valence-electron chi connectivity index (χ0n) is 15.6. The van der Waals surface area contributed by atoms with Crippen LogP contribution >= 0.6 is 15.9 Å². The van der Waals surface area contributed by atoms with Gasteiger partial charge in [-0.2, -0.15) is 17.9 Å². The molecule has 2 aromatic carbocycles. The van der Waals surface area contributed by atoms with Gasteiger partial charge in [-0.25, -0.2) is 0 Å². The number of allylic oxidation sites excluding steroid dienone is 1. The van der Waals surface area contributed by atoms with E-state index in [0.717, 1.165) is 23.1 Å². The van der Waals surface area contributed by atoms with Crippen LogP contribution in [-0.4, -0.2) is 8.42 Å². The summed E-state index contributed by atoms with van der Waals surface area (Å²) in [5.74, 6) is 0. The second-order valence-corrected chi connectivity index (χ2v) is 9.03. The molecule has 0 aliphatic heterocycles. The lowest BCUT2D eigenvalue weighted by atomic mass is 9.84. The Hall–Kier alpha value is -1.69. The molecule has 0 unspecified atom stereocenters.